The van der Waals surface area contributed by atoms with Crippen LogP contribution >= 0.6 is 0 Å². The average molecular weight is 211 g/mol. The van der Waals surface area contributed by atoms with Gasteiger partial charge in [0.2, 0.25) is 11.7 Å². The van der Waals surface area contributed by atoms with Crippen LogP contribution in [0.1, 0.15) is 24.7 Å². The van der Waals surface area contributed by atoms with Crippen molar-refractivity contribution in [3.63, 3.8) is 0 Å². The molecular weight excluding hydrogens is 198 g/mol. The molecule has 1 aliphatic heterocycles. The van der Waals surface area contributed by atoms with E-state index in [-0.39, 0.29) is 11.7 Å². The predicted octanol–water partition coefficient (Wildman–Crippen LogP) is -0.276. The highest BCUT2D eigenvalue weighted by atomic mass is 16.5. The molecule has 1 aliphatic rings. The van der Waals surface area contributed by atoms with Crippen LogP contribution in [0.2, 0.25) is 0 Å². The van der Waals surface area contributed by atoms with Gasteiger partial charge in [0.15, 0.2) is 0 Å². The Morgan fingerprint density at radius 1 is 1.60 bits per heavy atom. The summed E-state index contributed by atoms with van der Waals surface area (Å²) in [7, 11) is 0. The number of amidine groups is 1. The number of aromatic nitrogens is 3. The fourth-order valence-corrected chi connectivity index (χ4v) is 1.56. The molecule has 0 bridgehead atoms. The lowest BCUT2D eigenvalue weighted by Crippen LogP contribution is -2.21. The molecule has 1 fully saturated rings. The first-order chi connectivity index (χ1) is 7.31. The molecule has 1 saturated heterocycles. The number of nitrogens with two attached hydrogens (primary N) is 1. The van der Waals surface area contributed by atoms with Gasteiger partial charge in [-0.05, 0) is 12.8 Å². The van der Waals surface area contributed by atoms with Crippen LogP contribution in [-0.4, -0.2) is 39.0 Å². The molecule has 7 nitrogen and oxygen atoms in total. The molecule has 0 saturated carbocycles. The first-order valence-corrected chi connectivity index (χ1v) is 4.78. The largest absolute Gasteiger partial charge is 0.409 e. The van der Waals surface area contributed by atoms with Gasteiger partial charge in [0.05, 0.1) is 6.04 Å². The average Bonchev–Trinajstić information content (AvgIpc) is 2.78. The predicted molar refractivity (Wildman–Crippen MR) is 51.6 cm³/mol. The lowest BCUT2D eigenvalue weighted by atomic mass is 10.1. The van der Waals surface area contributed by atoms with E-state index < -0.39 is 0 Å². The fraction of sp³-hybridized carbons (Fsp3) is 0.625. The summed E-state index contributed by atoms with van der Waals surface area (Å²) in [5, 5.41) is 15.4. The van der Waals surface area contributed by atoms with Crippen LogP contribution in [0.3, 0.4) is 0 Å². The maximum Gasteiger partial charge on any atom is 0.219 e. The summed E-state index contributed by atoms with van der Waals surface area (Å²) in [5.41, 5.74) is 5.37. The monoisotopic (exact) mass is 211 g/mol. The summed E-state index contributed by atoms with van der Waals surface area (Å²) in [4.78, 5) is 3.96. The van der Waals surface area contributed by atoms with Gasteiger partial charge in [-0.3, -0.25) is 0 Å². The van der Waals surface area contributed by atoms with Crippen LogP contribution in [-0.2, 0) is 4.74 Å². The smallest absolute Gasteiger partial charge is 0.219 e. The minimum atomic E-state index is -0.0687. The molecule has 1 aromatic heterocycles. The molecule has 2 heterocycles. The molecular formula is C8H13N5O2. The maximum atomic E-state index is 8.46. The van der Waals surface area contributed by atoms with E-state index >= 15 is 0 Å². The molecule has 0 spiro atoms. The first kappa shape index (κ1) is 9.91. The zero-order valence-corrected chi connectivity index (χ0v) is 8.20. The molecule has 1 aromatic rings. The number of oxime groups is 1. The summed E-state index contributed by atoms with van der Waals surface area (Å²) in [5.74, 6) is 0.185. The van der Waals surface area contributed by atoms with Crippen molar-refractivity contribution in [2.45, 2.75) is 18.9 Å². The van der Waals surface area contributed by atoms with E-state index in [4.69, 9.17) is 15.7 Å². The van der Waals surface area contributed by atoms with E-state index in [1.165, 1.54) is 0 Å². The standard InChI is InChI=1S/C8H13N5O2/c9-7(12-14)8-10-5-13(11-8)6-1-3-15-4-2-6/h5-6,14H,1-4H2,(H2,9,12). The summed E-state index contributed by atoms with van der Waals surface area (Å²) < 4.78 is 6.99. The van der Waals surface area contributed by atoms with Crippen LogP contribution in [0.15, 0.2) is 11.5 Å². The Hall–Kier alpha value is -1.63. The molecule has 3 N–H and O–H groups in total. The molecule has 0 radical (unpaired) electrons. The van der Waals surface area contributed by atoms with Gasteiger partial charge in [0.1, 0.15) is 6.33 Å². The Morgan fingerprint density at radius 2 is 2.33 bits per heavy atom. The van der Waals surface area contributed by atoms with Crippen molar-refractivity contribution in [1.29, 1.82) is 0 Å². The zero-order valence-electron chi connectivity index (χ0n) is 8.20. The van der Waals surface area contributed by atoms with Crippen molar-refractivity contribution in [3.05, 3.63) is 12.2 Å². The van der Waals surface area contributed by atoms with Gasteiger partial charge < -0.3 is 15.7 Å². The normalized spacial score (nSPS) is 19.3. The van der Waals surface area contributed by atoms with Gasteiger partial charge in [0.25, 0.3) is 0 Å². The molecule has 0 atom stereocenters. The number of hydrogen-bond acceptors (Lipinski definition) is 5. The van der Waals surface area contributed by atoms with Gasteiger partial charge >= 0.3 is 0 Å². The first-order valence-electron chi connectivity index (χ1n) is 4.78. The van der Waals surface area contributed by atoms with Crippen LogP contribution in [0.5, 0.6) is 0 Å². The number of nitrogens with zero attached hydrogens (tertiary/aromatic N) is 4. The highest BCUT2D eigenvalue weighted by Crippen LogP contribution is 2.18. The SMILES string of the molecule is NC(=NO)c1ncn(C2CCOCC2)n1. The molecule has 82 valence electrons. The molecule has 7 heteroatoms. The second kappa shape index (κ2) is 4.26. The van der Waals surface area contributed by atoms with E-state index in [0.29, 0.717) is 6.04 Å². The van der Waals surface area contributed by atoms with E-state index in [0.717, 1.165) is 26.1 Å². The second-order valence-electron chi connectivity index (χ2n) is 3.38. The minimum absolute atomic E-state index is 0.0687. The highest BCUT2D eigenvalue weighted by Gasteiger charge is 2.17. The summed E-state index contributed by atoms with van der Waals surface area (Å²) >= 11 is 0. The molecule has 0 amide bonds. The van der Waals surface area contributed by atoms with Crippen molar-refractivity contribution in [1.82, 2.24) is 14.8 Å². The second-order valence-corrected chi connectivity index (χ2v) is 3.38. The van der Waals surface area contributed by atoms with Crippen molar-refractivity contribution in [3.8, 4) is 0 Å². The summed E-state index contributed by atoms with van der Waals surface area (Å²) in [6, 6.07) is 0.298. The van der Waals surface area contributed by atoms with E-state index in [2.05, 4.69) is 15.2 Å². The van der Waals surface area contributed by atoms with Crippen molar-refractivity contribution in [2.75, 3.05) is 13.2 Å². The third-order valence-electron chi connectivity index (χ3n) is 2.41. The minimum Gasteiger partial charge on any atom is -0.409 e. The topological polar surface area (TPSA) is 98.6 Å². The third kappa shape index (κ3) is 2.07. The van der Waals surface area contributed by atoms with Gasteiger partial charge in [-0.1, -0.05) is 5.16 Å². The molecule has 0 aliphatic carbocycles. The molecule has 0 unspecified atom stereocenters. The Bertz CT molecular complexity index is 356. The van der Waals surface area contributed by atoms with Crippen molar-refractivity contribution < 1.29 is 9.94 Å². The summed E-state index contributed by atoms with van der Waals surface area (Å²) in [6.07, 6.45) is 3.43. The van der Waals surface area contributed by atoms with Gasteiger partial charge in [-0.25, -0.2) is 9.67 Å². The van der Waals surface area contributed by atoms with Gasteiger partial charge in [-0.2, -0.15) is 0 Å². The highest BCUT2D eigenvalue weighted by molar-refractivity contribution is 5.93. The van der Waals surface area contributed by atoms with Crippen molar-refractivity contribution in [2.24, 2.45) is 10.9 Å². The lowest BCUT2D eigenvalue weighted by molar-refractivity contribution is 0.0661. The Morgan fingerprint density at radius 3 is 3.00 bits per heavy atom. The van der Waals surface area contributed by atoms with E-state index in [9.17, 15) is 0 Å². The number of ether oxygens (including phenoxy) is 1. The van der Waals surface area contributed by atoms with Crippen molar-refractivity contribution >= 4 is 5.84 Å². The fourth-order valence-electron chi connectivity index (χ4n) is 1.56. The third-order valence-corrected chi connectivity index (χ3v) is 2.41. The number of rotatable bonds is 2. The molecule has 2 rings (SSSR count). The lowest BCUT2D eigenvalue weighted by Gasteiger charge is -2.21. The zero-order chi connectivity index (χ0) is 10.7. The van der Waals surface area contributed by atoms with Gasteiger partial charge in [0, 0.05) is 13.2 Å². The van der Waals surface area contributed by atoms with Crippen LogP contribution in [0.25, 0.3) is 0 Å². The maximum absolute atomic E-state index is 8.46. The van der Waals surface area contributed by atoms with Gasteiger partial charge in [-0.15, -0.1) is 5.10 Å². The Balaban J connectivity index is 2.12. The molecule has 15 heavy (non-hydrogen) atoms. The van der Waals surface area contributed by atoms with Crippen LogP contribution in [0, 0.1) is 0 Å². The van der Waals surface area contributed by atoms with Crippen LogP contribution in [0.4, 0.5) is 0 Å². The Kier molecular flexibility index (Phi) is 2.82. The molecule has 0 aromatic carbocycles. The Labute approximate surface area is 86.5 Å². The van der Waals surface area contributed by atoms with Crippen LogP contribution < -0.4 is 5.73 Å². The quantitative estimate of drug-likeness (QED) is 0.303. The summed E-state index contributed by atoms with van der Waals surface area (Å²) in [6.45, 7) is 1.48. The number of hydrogen-bond donors (Lipinski definition) is 2. The van der Waals surface area contributed by atoms with E-state index in [1.807, 2.05) is 0 Å². The van der Waals surface area contributed by atoms with E-state index in [1.54, 1.807) is 11.0 Å².